The molecule has 2 aromatic rings. The highest BCUT2D eigenvalue weighted by Gasteiger charge is 2.15. The summed E-state index contributed by atoms with van der Waals surface area (Å²) in [7, 11) is -3.22. The van der Waals surface area contributed by atoms with Gasteiger partial charge < -0.3 is 5.32 Å². The second kappa shape index (κ2) is 6.76. The minimum atomic E-state index is -3.22. The molecule has 0 bridgehead atoms. The van der Waals surface area contributed by atoms with E-state index in [0.29, 0.717) is 10.6 Å². The molecule has 0 aliphatic carbocycles. The Morgan fingerprint density at radius 1 is 1.00 bits per heavy atom. The van der Waals surface area contributed by atoms with Gasteiger partial charge in [0.25, 0.3) is 0 Å². The van der Waals surface area contributed by atoms with Crippen molar-refractivity contribution in [2.24, 2.45) is 0 Å². The van der Waals surface area contributed by atoms with E-state index in [0.717, 1.165) is 12.8 Å². The molecule has 1 N–H and O–H groups in total. The number of nitrogens with one attached hydrogen (secondary N) is 1. The van der Waals surface area contributed by atoms with Gasteiger partial charge in [-0.1, -0.05) is 49.4 Å². The van der Waals surface area contributed by atoms with Crippen molar-refractivity contribution in [3.63, 3.8) is 0 Å². The van der Waals surface area contributed by atoms with Crippen molar-refractivity contribution in [1.82, 2.24) is 0 Å². The maximum atomic E-state index is 11.8. The SMILES string of the molecule is CCC(Cc1ccccc1)Nc1ccccc1S(C)(=O)=O. The molecule has 1 unspecified atom stereocenters. The molecule has 0 fully saturated rings. The van der Waals surface area contributed by atoms with Crippen LogP contribution in [0.2, 0.25) is 0 Å². The summed E-state index contributed by atoms with van der Waals surface area (Å²) in [5.41, 5.74) is 1.93. The van der Waals surface area contributed by atoms with Crippen LogP contribution in [0.15, 0.2) is 59.5 Å². The zero-order valence-corrected chi connectivity index (χ0v) is 13.2. The number of para-hydroxylation sites is 1. The first-order valence-electron chi connectivity index (χ1n) is 7.10. The number of anilines is 1. The Kier molecular flexibility index (Phi) is 5.02. The normalized spacial score (nSPS) is 12.9. The molecule has 112 valence electrons. The molecule has 3 nitrogen and oxygen atoms in total. The molecule has 0 saturated carbocycles. The third kappa shape index (κ3) is 4.33. The van der Waals surface area contributed by atoms with E-state index in [1.165, 1.54) is 11.8 Å². The smallest absolute Gasteiger partial charge is 0.177 e. The van der Waals surface area contributed by atoms with E-state index >= 15 is 0 Å². The van der Waals surface area contributed by atoms with Gasteiger partial charge in [0.2, 0.25) is 0 Å². The molecule has 0 heterocycles. The fraction of sp³-hybridized carbons (Fsp3) is 0.294. The number of rotatable bonds is 6. The first-order chi connectivity index (χ1) is 10.0. The molecule has 0 spiro atoms. The van der Waals surface area contributed by atoms with Crippen LogP contribution in [-0.2, 0) is 16.3 Å². The van der Waals surface area contributed by atoms with Gasteiger partial charge in [0.05, 0.1) is 10.6 Å². The quantitative estimate of drug-likeness (QED) is 0.888. The molecule has 0 radical (unpaired) electrons. The molecule has 0 amide bonds. The van der Waals surface area contributed by atoms with E-state index in [-0.39, 0.29) is 6.04 Å². The highest BCUT2D eigenvalue weighted by atomic mass is 32.2. The first-order valence-corrected chi connectivity index (χ1v) is 8.99. The van der Waals surface area contributed by atoms with E-state index < -0.39 is 9.84 Å². The Morgan fingerprint density at radius 2 is 1.62 bits per heavy atom. The lowest BCUT2D eigenvalue weighted by molar-refractivity contribution is 0.601. The van der Waals surface area contributed by atoms with Gasteiger partial charge in [0.1, 0.15) is 0 Å². The molecule has 1 atom stereocenters. The largest absolute Gasteiger partial charge is 0.381 e. The second-order valence-electron chi connectivity index (χ2n) is 5.21. The van der Waals surface area contributed by atoms with Gasteiger partial charge >= 0.3 is 0 Å². The Balaban J connectivity index is 2.20. The molecular formula is C17H21NO2S. The van der Waals surface area contributed by atoms with E-state index in [1.54, 1.807) is 12.1 Å². The Morgan fingerprint density at radius 3 is 2.24 bits per heavy atom. The summed E-state index contributed by atoms with van der Waals surface area (Å²) in [5.74, 6) is 0. The Bertz CT molecular complexity index is 681. The first kappa shape index (κ1) is 15.6. The summed E-state index contributed by atoms with van der Waals surface area (Å²) >= 11 is 0. The summed E-state index contributed by atoms with van der Waals surface area (Å²) in [6.45, 7) is 2.10. The molecule has 21 heavy (non-hydrogen) atoms. The van der Waals surface area contributed by atoms with Crippen LogP contribution in [0.1, 0.15) is 18.9 Å². The van der Waals surface area contributed by atoms with Gasteiger partial charge in [0, 0.05) is 12.3 Å². The summed E-state index contributed by atoms with van der Waals surface area (Å²) in [4.78, 5) is 0.358. The van der Waals surface area contributed by atoms with E-state index in [1.807, 2.05) is 30.3 Å². The zero-order chi connectivity index (χ0) is 15.3. The monoisotopic (exact) mass is 303 g/mol. The molecule has 0 aliphatic heterocycles. The van der Waals surface area contributed by atoms with Crippen LogP contribution in [0.3, 0.4) is 0 Å². The fourth-order valence-electron chi connectivity index (χ4n) is 2.33. The van der Waals surface area contributed by atoms with Crippen LogP contribution in [0.5, 0.6) is 0 Å². The maximum Gasteiger partial charge on any atom is 0.177 e. The number of hydrogen-bond acceptors (Lipinski definition) is 3. The van der Waals surface area contributed by atoms with Gasteiger partial charge in [-0.3, -0.25) is 0 Å². The lowest BCUT2D eigenvalue weighted by atomic mass is 10.0. The van der Waals surface area contributed by atoms with Crippen LogP contribution in [0.4, 0.5) is 5.69 Å². The van der Waals surface area contributed by atoms with Crippen LogP contribution in [0.25, 0.3) is 0 Å². The number of hydrogen-bond donors (Lipinski definition) is 1. The lowest BCUT2D eigenvalue weighted by Crippen LogP contribution is -2.22. The average Bonchev–Trinajstić information content (AvgIpc) is 2.47. The van der Waals surface area contributed by atoms with Crippen molar-refractivity contribution in [2.45, 2.75) is 30.7 Å². The van der Waals surface area contributed by atoms with Gasteiger partial charge in [-0.25, -0.2) is 8.42 Å². The predicted octanol–water partition coefficient (Wildman–Crippen LogP) is 3.52. The molecule has 2 rings (SSSR count). The zero-order valence-electron chi connectivity index (χ0n) is 12.4. The molecule has 0 aromatic heterocycles. The Hall–Kier alpha value is -1.81. The van der Waals surface area contributed by atoms with Gasteiger partial charge in [-0.2, -0.15) is 0 Å². The summed E-state index contributed by atoms with van der Waals surface area (Å²) in [6.07, 6.45) is 3.04. The third-order valence-electron chi connectivity index (χ3n) is 3.46. The topological polar surface area (TPSA) is 46.2 Å². The number of sulfone groups is 1. The van der Waals surface area contributed by atoms with Gasteiger partial charge in [-0.15, -0.1) is 0 Å². The number of benzene rings is 2. The van der Waals surface area contributed by atoms with Crippen molar-refractivity contribution in [3.05, 3.63) is 60.2 Å². The van der Waals surface area contributed by atoms with Crippen LogP contribution in [0, 0.1) is 0 Å². The van der Waals surface area contributed by atoms with E-state index in [9.17, 15) is 8.42 Å². The van der Waals surface area contributed by atoms with E-state index in [2.05, 4.69) is 24.4 Å². The fourth-order valence-corrected chi connectivity index (χ4v) is 3.18. The molecular weight excluding hydrogens is 282 g/mol. The van der Waals surface area contributed by atoms with Gasteiger partial charge in [-0.05, 0) is 30.5 Å². The maximum absolute atomic E-state index is 11.8. The van der Waals surface area contributed by atoms with Crippen molar-refractivity contribution in [1.29, 1.82) is 0 Å². The van der Waals surface area contributed by atoms with E-state index in [4.69, 9.17) is 0 Å². The lowest BCUT2D eigenvalue weighted by Gasteiger charge is -2.20. The standard InChI is InChI=1S/C17H21NO2S/c1-3-15(13-14-9-5-4-6-10-14)18-16-11-7-8-12-17(16)21(2,19)20/h4-12,15,18H,3,13H2,1-2H3. The van der Waals surface area contributed by atoms with Crippen LogP contribution in [-0.4, -0.2) is 20.7 Å². The molecule has 0 saturated heterocycles. The summed E-state index contributed by atoms with van der Waals surface area (Å²) in [5, 5.41) is 3.37. The highest BCUT2D eigenvalue weighted by Crippen LogP contribution is 2.22. The minimum absolute atomic E-state index is 0.204. The van der Waals surface area contributed by atoms with Crippen molar-refractivity contribution in [3.8, 4) is 0 Å². The molecule has 4 heteroatoms. The molecule has 2 aromatic carbocycles. The van der Waals surface area contributed by atoms with Crippen molar-refractivity contribution >= 4 is 15.5 Å². The Labute approximate surface area is 126 Å². The second-order valence-corrected chi connectivity index (χ2v) is 7.19. The van der Waals surface area contributed by atoms with Crippen molar-refractivity contribution < 1.29 is 8.42 Å². The van der Waals surface area contributed by atoms with Crippen LogP contribution >= 0.6 is 0 Å². The molecule has 0 aliphatic rings. The summed E-state index contributed by atoms with van der Waals surface area (Å²) < 4.78 is 23.7. The summed E-state index contributed by atoms with van der Waals surface area (Å²) in [6, 6.07) is 17.5. The highest BCUT2D eigenvalue weighted by molar-refractivity contribution is 7.90. The predicted molar refractivity (Wildman–Crippen MR) is 87.4 cm³/mol. The van der Waals surface area contributed by atoms with Gasteiger partial charge in [0.15, 0.2) is 9.84 Å². The third-order valence-corrected chi connectivity index (χ3v) is 4.62. The van der Waals surface area contributed by atoms with Crippen molar-refractivity contribution in [2.75, 3.05) is 11.6 Å². The van der Waals surface area contributed by atoms with Crippen LogP contribution < -0.4 is 5.32 Å². The minimum Gasteiger partial charge on any atom is -0.381 e. The average molecular weight is 303 g/mol.